The van der Waals surface area contributed by atoms with E-state index in [9.17, 15) is 4.79 Å². The predicted octanol–water partition coefficient (Wildman–Crippen LogP) is 3.23. The van der Waals surface area contributed by atoms with Gasteiger partial charge in [0, 0.05) is 15.6 Å². The molecule has 3 heterocycles. The normalized spacial score (nSPS) is 15.7. The lowest BCUT2D eigenvalue weighted by molar-refractivity contribution is -0.117. The van der Waals surface area contributed by atoms with E-state index >= 15 is 0 Å². The molecule has 9 nitrogen and oxygen atoms in total. The van der Waals surface area contributed by atoms with Crippen molar-refractivity contribution in [2.24, 2.45) is 0 Å². The molecule has 2 aromatic carbocycles. The van der Waals surface area contributed by atoms with Crippen LogP contribution in [0.4, 0.5) is 11.8 Å². The number of rotatable bonds is 3. The van der Waals surface area contributed by atoms with Gasteiger partial charge in [0.25, 0.3) is 5.88 Å². The average Bonchev–Trinajstić information content (AvgIpc) is 3.11. The van der Waals surface area contributed by atoms with Crippen molar-refractivity contribution < 1.29 is 9.63 Å². The highest BCUT2D eigenvalue weighted by molar-refractivity contribution is 6.36. The summed E-state index contributed by atoms with van der Waals surface area (Å²) in [6, 6.07) is 12.4. The number of para-hydroxylation sites is 1. The number of fused-ring (bicyclic) bond motifs is 2. The van der Waals surface area contributed by atoms with Crippen LogP contribution in [0.15, 0.2) is 42.5 Å². The summed E-state index contributed by atoms with van der Waals surface area (Å²) in [5.74, 6) is -0.580. The Hall–Kier alpha value is -3.43. The van der Waals surface area contributed by atoms with Gasteiger partial charge >= 0.3 is 0 Å². The number of nitrogen functional groups attached to an aromatic ring is 1. The first kappa shape index (κ1) is 18.6. The zero-order valence-electron chi connectivity index (χ0n) is 15.2. The third-order valence-electron chi connectivity index (χ3n) is 4.80. The van der Waals surface area contributed by atoms with Crippen molar-refractivity contribution in [2.75, 3.05) is 11.1 Å². The molecule has 2 aromatic heterocycles. The van der Waals surface area contributed by atoms with E-state index in [1.807, 2.05) is 18.2 Å². The first-order chi connectivity index (χ1) is 14.5. The molecule has 1 unspecified atom stereocenters. The summed E-state index contributed by atoms with van der Waals surface area (Å²) >= 11 is 12.7. The van der Waals surface area contributed by atoms with Crippen LogP contribution in [-0.2, 0) is 11.2 Å². The molecule has 0 spiro atoms. The maximum Gasteiger partial charge on any atom is 0.258 e. The number of carbonyl (C=O) groups is 1. The van der Waals surface area contributed by atoms with E-state index in [-0.39, 0.29) is 30.0 Å². The lowest BCUT2D eigenvalue weighted by Gasteiger charge is -2.26. The molecule has 3 N–H and O–H groups in total. The molecule has 0 bridgehead atoms. The van der Waals surface area contributed by atoms with Gasteiger partial charge in [-0.2, -0.15) is 9.97 Å². The van der Waals surface area contributed by atoms with Crippen LogP contribution in [0.1, 0.15) is 17.0 Å². The number of amides is 1. The molecular weight excluding hydrogens is 429 g/mol. The number of benzene rings is 2. The molecular formula is C19H13Cl2N7O2. The fourth-order valence-electron chi connectivity index (χ4n) is 3.42. The smallest absolute Gasteiger partial charge is 0.258 e. The van der Waals surface area contributed by atoms with E-state index in [0.29, 0.717) is 32.2 Å². The van der Waals surface area contributed by atoms with Crippen LogP contribution < -0.4 is 15.9 Å². The van der Waals surface area contributed by atoms with Crippen molar-refractivity contribution in [3.8, 4) is 5.88 Å². The van der Waals surface area contributed by atoms with Crippen molar-refractivity contribution in [1.29, 1.82) is 0 Å². The van der Waals surface area contributed by atoms with Gasteiger partial charge < -0.3 is 15.9 Å². The molecule has 4 aromatic rings. The van der Waals surface area contributed by atoms with Crippen LogP contribution in [0.3, 0.4) is 0 Å². The first-order valence-electron chi connectivity index (χ1n) is 8.91. The van der Waals surface area contributed by atoms with Gasteiger partial charge in [0.05, 0.1) is 11.5 Å². The average molecular weight is 442 g/mol. The maximum atomic E-state index is 12.8. The number of anilines is 2. The zero-order valence-corrected chi connectivity index (χ0v) is 16.7. The fourth-order valence-corrected chi connectivity index (χ4v) is 4.08. The highest BCUT2D eigenvalue weighted by atomic mass is 35.5. The van der Waals surface area contributed by atoms with Crippen LogP contribution in [-0.4, -0.2) is 31.0 Å². The Balaban J connectivity index is 1.59. The summed E-state index contributed by atoms with van der Waals surface area (Å²) in [4.78, 5) is 28.2. The second-order valence-electron chi connectivity index (χ2n) is 6.64. The Labute approximate surface area is 179 Å². The van der Waals surface area contributed by atoms with E-state index in [2.05, 4.69) is 25.6 Å². The van der Waals surface area contributed by atoms with Crippen LogP contribution in [0.5, 0.6) is 5.88 Å². The van der Waals surface area contributed by atoms with Crippen molar-refractivity contribution in [1.82, 2.24) is 25.1 Å². The van der Waals surface area contributed by atoms with E-state index in [0.717, 1.165) is 0 Å². The minimum Gasteiger partial charge on any atom is -0.368 e. The molecule has 0 fully saturated rings. The highest BCUT2D eigenvalue weighted by Crippen LogP contribution is 2.40. The maximum absolute atomic E-state index is 12.8. The van der Waals surface area contributed by atoms with E-state index in [4.69, 9.17) is 33.8 Å². The van der Waals surface area contributed by atoms with Crippen LogP contribution in [0.2, 0.25) is 10.0 Å². The largest absolute Gasteiger partial charge is 0.368 e. The topological polar surface area (TPSA) is 121 Å². The zero-order chi connectivity index (χ0) is 20.8. The number of nitrogens with one attached hydrogen (secondary N) is 1. The molecule has 0 saturated carbocycles. The van der Waals surface area contributed by atoms with Crippen molar-refractivity contribution >= 4 is 51.9 Å². The number of hydrogen-bond acceptors (Lipinski definition) is 7. The van der Waals surface area contributed by atoms with Crippen LogP contribution in [0, 0.1) is 0 Å². The Kier molecular flexibility index (Phi) is 4.41. The number of nitrogens with zero attached hydrogens (tertiary/aromatic N) is 5. The molecule has 30 heavy (non-hydrogen) atoms. The SMILES string of the molecule is Nc1nc2c(c(On3nnc4ccccc43)n1)CC(c1c(Cl)cccc1Cl)C(=O)N2. The van der Waals surface area contributed by atoms with Crippen molar-refractivity contribution in [2.45, 2.75) is 12.3 Å². The summed E-state index contributed by atoms with van der Waals surface area (Å²) in [6.45, 7) is 0. The van der Waals surface area contributed by atoms with Gasteiger partial charge in [0.15, 0.2) is 0 Å². The molecule has 0 aliphatic carbocycles. The van der Waals surface area contributed by atoms with Gasteiger partial charge in [0.2, 0.25) is 11.9 Å². The molecule has 1 aliphatic rings. The Morgan fingerprint density at radius 1 is 1.10 bits per heavy atom. The molecule has 1 aliphatic heterocycles. The predicted molar refractivity (Wildman–Crippen MR) is 112 cm³/mol. The summed E-state index contributed by atoms with van der Waals surface area (Å²) < 4.78 is 0. The third-order valence-corrected chi connectivity index (χ3v) is 5.45. The fraction of sp³-hybridized carbons (Fsp3) is 0.105. The molecule has 0 radical (unpaired) electrons. The molecule has 0 saturated heterocycles. The van der Waals surface area contributed by atoms with Gasteiger partial charge in [-0.3, -0.25) is 4.79 Å². The summed E-state index contributed by atoms with van der Waals surface area (Å²) in [5.41, 5.74) is 8.20. The van der Waals surface area contributed by atoms with E-state index in [1.165, 1.54) is 4.85 Å². The highest BCUT2D eigenvalue weighted by Gasteiger charge is 2.34. The molecule has 5 rings (SSSR count). The second kappa shape index (κ2) is 7.12. The second-order valence-corrected chi connectivity index (χ2v) is 7.45. The standard InChI is InChI=1S/C19H13Cl2N7O2/c20-11-4-3-5-12(21)15(11)9-8-10-16(23-17(9)29)24-19(22)25-18(10)30-28-14-7-2-1-6-13(14)26-27-28/h1-7,9H,8H2,(H3,22,23,24,25,29). The van der Waals surface area contributed by atoms with Crippen molar-refractivity contribution in [3.05, 3.63) is 63.6 Å². The Morgan fingerprint density at radius 3 is 2.67 bits per heavy atom. The minimum absolute atomic E-state index is 0.0531. The van der Waals surface area contributed by atoms with Gasteiger partial charge in [-0.05, 0) is 35.9 Å². The third kappa shape index (κ3) is 3.08. The minimum atomic E-state index is -0.652. The van der Waals surface area contributed by atoms with Gasteiger partial charge in [-0.25, -0.2) is 0 Å². The summed E-state index contributed by atoms with van der Waals surface area (Å²) in [5, 5.41) is 11.6. The molecule has 11 heteroatoms. The quantitative estimate of drug-likeness (QED) is 0.500. The molecule has 1 atom stereocenters. The van der Waals surface area contributed by atoms with Crippen LogP contribution in [0.25, 0.3) is 11.0 Å². The number of nitrogens with two attached hydrogens (primary N) is 1. The van der Waals surface area contributed by atoms with E-state index < -0.39 is 5.92 Å². The Morgan fingerprint density at radius 2 is 1.87 bits per heavy atom. The van der Waals surface area contributed by atoms with Gasteiger partial charge in [-0.15, -0.1) is 5.10 Å². The lowest BCUT2D eigenvalue weighted by Crippen LogP contribution is -2.30. The first-order valence-corrected chi connectivity index (χ1v) is 9.67. The summed E-state index contributed by atoms with van der Waals surface area (Å²) in [6.07, 6.45) is 0.215. The van der Waals surface area contributed by atoms with Gasteiger partial charge in [-0.1, -0.05) is 46.2 Å². The summed E-state index contributed by atoms with van der Waals surface area (Å²) in [7, 11) is 0. The molecule has 150 valence electrons. The van der Waals surface area contributed by atoms with Crippen molar-refractivity contribution in [3.63, 3.8) is 0 Å². The monoisotopic (exact) mass is 441 g/mol. The number of carbonyl (C=O) groups excluding carboxylic acids is 1. The lowest BCUT2D eigenvalue weighted by atomic mass is 9.89. The number of halogens is 2. The number of aromatic nitrogens is 5. The molecule has 1 amide bonds. The van der Waals surface area contributed by atoms with E-state index in [1.54, 1.807) is 24.3 Å². The number of hydrogen-bond donors (Lipinski definition) is 2. The Bertz CT molecular complexity index is 1290. The van der Waals surface area contributed by atoms with Gasteiger partial charge in [0.1, 0.15) is 16.9 Å². The van der Waals surface area contributed by atoms with Crippen LogP contribution >= 0.6 is 23.2 Å².